The SMILES string of the molecule is O=C(O)C(O)C(OS(=O)O)C(=O)O.[NaH]. The molecule has 14 heavy (non-hydrogen) atoms. The van der Waals surface area contributed by atoms with Gasteiger partial charge in [0.15, 0.2) is 6.10 Å². The monoisotopic (exact) mass is 238 g/mol. The minimum atomic E-state index is -2.96. The first-order valence-electron chi connectivity index (χ1n) is 2.78. The number of rotatable bonds is 5. The van der Waals surface area contributed by atoms with Crippen molar-refractivity contribution in [1.29, 1.82) is 0 Å². The molecule has 0 heterocycles. The van der Waals surface area contributed by atoms with Gasteiger partial charge < -0.3 is 15.3 Å². The molecule has 0 amide bonds. The normalized spacial score (nSPS) is 16.1. The molecule has 0 aromatic rings. The van der Waals surface area contributed by atoms with Crippen LogP contribution in [0, 0.1) is 0 Å². The maximum absolute atomic E-state index is 10.2. The molecule has 78 valence electrons. The molecule has 0 aromatic carbocycles. The summed E-state index contributed by atoms with van der Waals surface area (Å²) in [4.78, 5) is 20.2. The number of hydrogen-bond donors (Lipinski definition) is 4. The summed E-state index contributed by atoms with van der Waals surface area (Å²) in [5.41, 5.74) is 0. The van der Waals surface area contributed by atoms with Gasteiger partial charge in [0.2, 0.25) is 6.10 Å². The van der Waals surface area contributed by atoms with E-state index in [4.69, 9.17) is 19.9 Å². The molecular formula is C4H7NaO8S. The molecule has 0 aliphatic rings. The molecule has 0 spiro atoms. The van der Waals surface area contributed by atoms with Crippen molar-refractivity contribution in [2.45, 2.75) is 12.2 Å². The molecule has 0 radical (unpaired) electrons. The second-order valence-corrected chi connectivity index (χ2v) is 2.48. The Morgan fingerprint density at radius 1 is 1.21 bits per heavy atom. The second kappa shape index (κ2) is 7.29. The average Bonchev–Trinajstić information content (AvgIpc) is 1.97. The van der Waals surface area contributed by atoms with Crippen LogP contribution in [-0.4, -0.2) is 77.8 Å². The summed E-state index contributed by atoms with van der Waals surface area (Å²) >= 11 is -2.96. The van der Waals surface area contributed by atoms with Crippen LogP contribution < -0.4 is 0 Å². The molecular weight excluding hydrogens is 231 g/mol. The van der Waals surface area contributed by atoms with E-state index in [1.807, 2.05) is 0 Å². The summed E-state index contributed by atoms with van der Waals surface area (Å²) in [6, 6.07) is 0. The summed E-state index contributed by atoms with van der Waals surface area (Å²) < 4.78 is 21.8. The Kier molecular flexibility index (Phi) is 8.54. The standard InChI is InChI=1S/C4H6O8S.Na.H/c5-1(3(6)7)2(4(8)9)12-13(10)11;;/h1-2,5H,(H,6,7)(H,8,9)(H,10,11);;. The molecule has 0 rings (SSSR count). The fraction of sp³-hybridized carbons (Fsp3) is 0.500. The first kappa shape index (κ1) is 16.4. The Morgan fingerprint density at radius 2 is 1.64 bits per heavy atom. The molecule has 3 atom stereocenters. The second-order valence-electron chi connectivity index (χ2n) is 1.86. The van der Waals surface area contributed by atoms with Gasteiger partial charge in [-0.2, -0.15) is 4.21 Å². The van der Waals surface area contributed by atoms with Crippen LogP contribution in [0.5, 0.6) is 0 Å². The van der Waals surface area contributed by atoms with E-state index < -0.39 is 35.5 Å². The fourth-order valence-electron chi connectivity index (χ4n) is 0.447. The molecule has 8 nitrogen and oxygen atoms in total. The third-order valence-corrected chi connectivity index (χ3v) is 1.34. The Labute approximate surface area is 103 Å². The number of carbonyl (C=O) groups is 2. The minimum absolute atomic E-state index is 0. The number of aliphatic hydroxyl groups excluding tert-OH is 1. The molecule has 4 N–H and O–H groups in total. The van der Waals surface area contributed by atoms with E-state index in [9.17, 15) is 13.8 Å². The van der Waals surface area contributed by atoms with E-state index in [-0.39, 0.29) is 29.6 Å². The van der Waals surface area contributed by atoms with Crippen LogP contribution in [0.1, 0.15) is 0 Å². The predicted molar refractivity (Wildman–Crippen MR) is 44.1 cm³/mol. The molecule has 0 bridgehead atoms. The van der Waals surface area contributed by atoms with Crippen molar-refractivity contribution < 1.29 is 37.9 Å². The van der Waals surface area contributed by atoms with E-state index >= 15 is 0 Å². The van der Waals surface area contributed by atoms with Crippen LogP contribution in [0.15, 0.2) is 0 Å². The Morgan fingerprint density at radius 3 is 1.86 bits per heavy atom. The van der Waals surface area contributed by atoms with Gasteiger partial charge in [-0.3, -0.25) is 4.55 Å². The zero-order chi connectivity index (χ0) is 10.6. The summed E-state index contributed by atoms with van der Waals surface area (Å²) in [5, 5.41) is 25.0. The number of hydrogen-bond acceptors (Lipinski definition) is 5. The van der Waals surface area contributed by atoms with Gasteiger partial charge >= 0.3 is 52.9 Å². The van der Waals surface area contributed by atoms with Gasteiger partial charge in [-0.1, -0.05) is 0 Å². The number of aliphatic hydroxyl groups is 1. The third-order valence-electron chi connectivity index (χ3n) is 0.969. The summed E-state index contributed by atoms with van der Waals surface area (Å²) in [7, 11) is 0. The van der Waals surface area contributed by atoms with Crippen molar-refractivity contribution in [2.24, 2.45) is 0 Å². The van der Waals surface area contributed by atoms with Crippen molar-refractivity contribution in [1.82, 2.24) is 0 Å². The predicted octanol–water partition coefficient (Wildman–Crippen LogP) is -2.61. The molecule has 0 aliphatic carbocycles. The summed E-state index contributed by atoms with van der Waals surface area (Å²) in [5.74, 6) is -3.71. The Bertz CT molecular complexity index is 241. The van der Waals surface area contributed by atoms with Gasteiger partial charge in [-0.05, 0) is 0 Å². The molecule has 0 saturated heterocycles. The number of aliphatic carboxylic acids is 2. The first-order chi connectivity index (χ1) is 5.86. The van der Waals surface area contributed by atoms with Crippen molar-refractivity contribution in [3.63, 3.8) is 0 Å². The quantitative estimate of drug-likeness (QED) is 0.301. The average molecular weight is 238 g/mol. The van der Waals surface area contributed by atoms with Crippen LogP contribution in [0.3, 0.4) is 0 Å². The van der Waals surface area contributed by atoms with Gasteiger partial charge in [-0.25, -0.2) is 13.8 Å². The van der Waals surface area contributed by atoms with Crippen LogP contribution >= 0.6 is 0 Å². The number of carboxylic acids is 2. The number of carboxylic acid groups (broad SMARTS) is 2. The van der Waals surface area contributed by atoms with Crippen molar-refractivity contribution in [3.8, 4) is 0 Å². The van der Waals surface area contributed by atoms with E-state index in [1.54, 1.807) is 0 Å². The van der Waals surface area contributed by atoms with Crippen molar-refractivity contribution in [2.75, 3.05) is 0 Å². The van der Waals surface area contributed by atoms with Crippen LogP contribution in [0.25, 0.3) is 0 Å². The van der Waals surface area contributed by atoms with Gasteiger partial charge in [0.25, 0.3) is 0 Å². The van der Waals surface area contributed by atoms with Crippen LogP contribution in [0.4, 0.5) is 0 Å². The van der Waals surface area contributed by atoms with Crippen LogP contribution in [-0.2, 0) is 25.1 Å². The molecule has 0 fully saturated rings. The zero-order valence-corrected chi connectivity index (χ0v) is 6.80. The Balaban J connectivity index is 0. The molecule has 0 aliphatic heterocycles. The summed E-state index contributed by atoms with van der Waals surface area (Å²) in [6.07, 6.45) is -4.67. The Hall–Kier alpha value is -0.0300. The maximum atomic E-state index is 10.2. The zero-order valence-electron chi connectivity index (χ0n) is 5.98. The fourth-order valence-corrected chi connectivity index (χ4v) is 0.812. The van der Waals surface area contributed by atoms with Crippen molar-refractivity contribution >= 4 is 52.9 Å². The molecule has 3 unspecified atom stereocenters. The van der Waals surface area contributed by atoms with Gasteiger partial charge in [0.05, 0.1) is 0 Å². The van der Waals surface area contributed by atoms with Crippen LogP contribution in [0.2, 0.25) is 0 Å². The van der Waals surface area contributed by atoms with Gasteiger partial charge in [-0.15, -0.1) is 0 Å². The van der Waals surface area contributed by atoms with Gasteiger partial charge in [0, 0.05) is 0 Å². The van der Waals surface area contributed by atoms with Crippen molar-refractivity contribution in [3.05, 3.63) is 0 Å². The third kappa shape index (κ3) is 5.65. The van der Waals surface area contributed by atoms with Gasteiger partial charge in [0.1, 0.15) is 0 Å². The van der Waals surface area contributed by atoms with E-state index in [0.29, 0.717) is 0 Å². The topological polar surface area (TPSA) is 141 Å². The molecule has 0 saturated carbocycles. The van der Waals surface area contributed by atoms with E-state index in [2.05, 4.69) is 4.18 Å². The summed E-state index contributed by atoms with van der Waals surface area (Å²) in [6.45, 7) is 0. The first-order valence-corrected chi connectivity index (χ1v) is 3.81. The van der Waals surface area contributed by atoms with E-state index in [0.717, 1.165) is 0 Å². The van der Waals surface area contributed by atoms with E-state index in [1.165, 1.54) is 0 Å². The molecule has 0 aromatic heterocycles. The molecule has 10 heteroatoms.